The van der Waals surface area contributed by atoms with E-state index in [1.54, 1.807) is 7.11 Å². The SMILES string of the molecule is CNc1ncnc(NCc2c(Cl)cccc2OC)c1C. The molecule has 1 heterocycles. The molecule has 0 saturated carbocycles. The second kappa shape index (κ2) is 6.43. The highest BCUT2D eigenvalue weighted by Gasteiger charge is 2.10. The Bertz CT molecular complexity index is 604. The summed E-state index contributed by atoms with van der Waals surface area (Å²) in [5.74, 6) is 2.32. The first-order valence-corrected chi connectivity index (χ1v) is 6.59. The second-order valence-corrected chi connectivity index (χ2v) is 4.63. The smallest absolute Gasteiger partial charge is 0.134 e. The summed E-state index contributed by atoms with van der Waals surface area (Å²) in [4.78, 5) is 8.39. The number of hydrogen-bond acceptors (Lipinski definition) is 5. The lowest BCUT2D eigenvalue weighted by atomic mass is 10.2. The molecule has 0 amide bonds. The van der Waals surface area contributed by atoms with E-state index in [2.05, 4.69) is 20.6 Å². The summed E-state index contributed by atoms with van der Waals surface area (Å²) >= 11 is 6.21. The predicted molar refractivity (Wildman–Crippen MR) is 81.6 cm³/mol. The number of nitrogens with zero attached hydrogens (tertiary/aromatic N) is 2. The van der Waals surface area contributed by atoms with Gasteiger partial charge in [0, 0.05) is 29.7 Å². The Morgan fingerprint density at radius 3 is 2.70 bits per heavy atom. The molecule has 0 unspecified atom stereocenters. The molecule has 0 saturated heterocycles. The Balaban J connectivity index is 2.21. The van der Waals surface area contributed by atoms with Gasteiger partial charge in [-0.25, -0.2) is 9.97 Å². The van der Waals surface area contributed by atoms with Crippen molar-refractivity contribution in [1.29, 1.82) is 0 Å². The third-order valence-corrected chi connectivity index (χ3v) is 3.40. The summed E-state index contributed by atoms with van der Waals surface area (Å²) in [6, 6.07) is 5.58. The van der Waals surface area contributed by atoms with Crippen molar-refractivity contribution in [3.63, 3.8) is 0 Å². The highest BCUT2D eigenvalue weighted by molar-refractivity contribution is 6.31. The molecule has 106 valence electrons. The van der Waals surface area contributed by atoms with E-state index in [0.717, 1.165) is 28.5 Å². The van der Waals surface area contributed by atoms with Crippen molar-refractivity contribution in [2.45, 2.75) is 13.5 Å². The van der Waals surface area contributed by atoms with Gasteiger partial charge in [-0.05, 0) is 19.1 Å². The fraction of sp³-hybridized carbons (Fsp3) is 0.286. The summed E-state index contributed by atoms with van der Waals surface area (Å²) in [7, 11) is 3.46. The third-order valence-electron chi connectivity index (χ3n) is 3.05. The number of methoxy groups -OCH3 is 1. The van der Waals surface area contributed by atoms with Gasteiger partial charge < -0.3 is 15.4 Å². The van der Waals surface area contributed by atoms with Crippen LogP contribution < -0.4 is 15.4 Å². The third kappa shape index (κ3) is 2.93. The van der Waals surface area contributed by atoms with Gasteiger partial charge in [0.1, 0.15) is 23.7 Å². The van der Waals surface area contributed by atoms with Gasteiger partial charge in [0.05, 0.1) is 7.11 Å². The molecular weight excluding hydrogens is 276 g/mol. The summed E-state index contributed by atoms with van der Waals surface area (Å²) in [5.41, 5.74) is 1.86. The van der Waals surface area contributed by atoms with Crippen LogP contribution in [0.3, 0.4) is 0 Å². The number of benzene rings is 1. The van der Waals surface area contributed by atoms with Crippen LogP contribution in [0.15, 0.2) is 24.5 Å². The molecule has 2 aromatic rings. The van der Waals surface area contributed by atoms with Crippen molar-refractivity contribution in [3.8, 4) is 5.75 Å². The van der Waals surface area contributed by atoms with Crippen molar-refractivity contribution < 1.29 is 4.74 Å². The van der Waals surface area contributed by atoms with E-state index in [-0.39, 0.29) is 0 Å². The molecule has 0 aliphatic rings. The van der Waals surface area contributed by atoms with Gasteiger partial charge in [0.15, 0.2) is 0 Å². The highest BCUT2D eigenvalue weighted by Crippen LogP contribution is 2.27. The lowest BCUT2D eigenvalue weighted by Gasteiger charge is -2.14. The first-order chi connectivity index (χ1) is 9.67. The molecule has 0 atom stereocenters. The van der Waals surface area contributed by atoms with E-state index in [4.69, 9.17) is 16.3 Å². The van der Waals surface area contributed by atoms with Crippen molar-refractivity contribution >= 4 is 23.2 Å². The molecular formula is C14H17ClN4O. The Morgan fingerprint density at radius 2 is 2.00 bits per heavy atom. The van der Waals surface area contributed by atoms with Crippen LogP contribution in [0, 0.1) is 6.92 Å². The van der Waals surface area contributed by atoms with Gasteiger partial charge in [-0.2, -0.15) is 0 Å². The van der Waals surface area contributed by atoms with Crippen LogP contribution in [0.2, 0.25) is 5.02 Å². The standard InChI is InChI=1S/C14H17ClN4O/c1-9-13(16-2)18-8-19-14(9)17-7-10-11(15)5-4-6-12(10)20-3/h4-6,8H,7H2,1-3H3,(H2,16,17,18,19). The van der Waals surface area contributed by atoms with Gasteiger partial charge in [-0.1, -0.05) is 17.7 Å². The number of rotatable bonds is 5. The average Bonchev–Trinajstić information content (AvgIpc) is 2.47. The summed E-state index contributed by atoms with van der Waals surface area (Å²) in [5, 5.41) is 6.95. The first kappa shape index (κ1) is 14.4. The number of anilines is 2. The maximum Gasteiger partial charge on any atom is 0.134 e. The number of hydrogen-bond donors (Lipinski definition) is 2. The van der Waals surface area contributed by atoms with E-state index < -0.39 is 0 Å². The minimum absolute atomic E-state index is 0.532. The van der Waals surface area contributed by atoms with Gasteiger partial charge in [-0.15, -0.1) is 0 Å². The minimum atomic E-state index is 0.532. The van der Waals surface area contributed by atoms with Crippen molar-refractivity contribution in [1.82, 2.24) is 9.97 Å². The molecule has 0 spiro atoms. The lowest BCUT2D eigenvalue weighted by Crippen LogP contribution is -2.07. The number of aromatic nitrogens is 2. The maximum absolute atomic E-state index is 6.21. The first-order valence-electron chi connectivity index (χ1n) is 6.22. The molecule has 2 N–H and O–H groups in total. The Hall–Kier alpha value is -2.01. The Kier molecular flexibility index (Phi) is 4.63. The second-order valence-electron chi connectivity index (χ2n) is 4.22. The molecule has 20 heavy (non-hydrogen) atoms. The van der Waals surface area contributed by atoms with Crippen LogP contribution in [0.25, 0.3) is 0 Å². The molecule has 0 aliphatic heterocycles. The predicted octanol–water partition coefficient (Wildman–Crippen LogP) is 3.10. The quantitative estimate of drug-likeness (QED) is 0.887. The monoisotopic (exact) mass is 292 g/mol. The average molecular weight is 293 g/mol. The number of ether oxygens (including phenoxy) is 1. The van der Waals surface area contributed by atoms with Gasteiger partial charge in [0.2, 0.25) is 0 Å². The van der Waals surface area contributed by atoms with Gasteiger partial charge in [0.25, 0.3) is 0 Å². The maximum atomic E-state index is 6.21. The molecule has 0 aliphatic carbocycles. The number of halogens is 1. The van der Waals surface area contributed by atoms with Crippen molar-refractivity contribution in [2.75, 3.05) is 24.8 Å². The van der Waals surface area contributed by atoms with Crippen LogP contribution in [0.4, 0.5) is 11.6 Å². The fourth-order valence-electron chi connectivity index (χ4n) is 1.95. The highest BCUT2D eigenvalue weighted by atomic mass is 35.5. The van der Waals surface area contributed by atoms with Crippen LogP contribution >= 0.6 is 11.6 Å². The zero-order chi connectivity index (χ0) is 14.5. The zero-order valence-electron chi connectivity index (χ0n) is 11.7. The van der Waals surface area contributed by atoms with E-state index in [0.29, 0.717) is 11.6 Å². The van der Waals surface area contributed by atoms with Crippen LogP contribution in [-0.4, -0.2) is 24.1 Å². The largest absolute Gasteiger partial charge is 0.496 e. The van der Waals surface area contributed by atoms with E-state index in [1.165, 1.54) is 6.33 Å². The van der Waals surface area contributed by atoms with Crippen LogP contribution in [-0.2, 0) is 6.54 Å². The minimum Gasteiger partial charge on any atom is -0.496 e. The van der Waals surface area contributed by atoms with Gasteiger partial charge >= 0.3 is 0 Å². The summed E-state index contributed by atoms with van der Waals surface area (Å²) < 4.78 is 5.32. The Morgan fingerprint density at radius 1 is 1.25 bits per heavy atom. The fourth-order valence-corrected chi connectivity index (χ4v) is 2.19. The van der Waals surface area contributed by atoms with Crippen LogP contribution in [0.1, 0.15) is 11.1 Å². The van der Waals surface area contributed by atoms with E-state index in [1.807, 2.05) is 32.2 Å². The van der Waals surface area contributed by atoms with E-state index >= 15 is 0 Å². The summed E-state index contributed by atoms with van der Waals surface area (Å²) in [6.45, 7) is 2.49. The van der Waals surface area contributed by atoms with Crippen LogP contribution in [0.5, 0.6) is 5.75 Å². The number of nitrogens with one attached hydrogen (secondary N) is 2. The normalized spacial score (nSPS) is 10.2. The molecule has 5 nitrogen and oxygen atoms in total. The molecule has 2 rings (SSSR count). The molecule has 0 radical (unpaired) electrons. The molecule has 1 aromatic carbocycles. The summed E-state index contributed by atoms with van der Waals surface area (Å²) in [6.07, 6.45) is 1.52. The molecule has 0 bridgehead atoms. The van der Waals surface area contributed by atoms with E-state index in [9.17, 15) is 0 Å². The topological polar surface area (TPSA) is 59.1 Å². The van der Waals surface area contributed by atoms with Crippen molar-refractivity contribution in [2.24, 2.45) is 0 Å². The van der Waals surface area contributed by atoms with Gasteiger partial charge in [-0.3, -0.25) is 0 Å². The van der Waals surface area contributed by atoms with Crippen molar-refractivity contribution in [3.05, 3.63) is 40.7 Å². The molecule has 6 heteroatoms. The zero-order valence-corrected chi connectivity index (χ0v) is 12.5. The molecule has 1 aromatic heterocycles. The molecule has 0 fully saturated rings. The lowest BCUT2D eigenvalue weighted by molar-refractivity contribution is 0.410. The Labute approximate surface area is 123 Å².